The Balaban J connectivity index is 1.23. The molecule has 5 rings (SSSR count). The van der Waals surface area contributed by atoms with Crippen LogP contribution in [0.2, 0.25) is 0 Å². The van der Waals surface area contributed by atoms with Gasteiger partial charge < -0.3 is 24.5 Å². The lowest BCUT2D eigenvalue weighted by atomic mass is 10.1. The van der Waals surface area contributed by atoms with E-state index in [-0.39, 0.29) is 24.4 Å². The van der Waals surface area contributed by atoms with Gasteiger partial charge in [0.25, 0.3) is 0 Å². The highest BCUT2D eigenvalue weighted by atomic mass is 16.7. The molecule has 1 aromatic heterocycles. The molecule has 1 fully saturated rings. The van der Waals surface area contributed by atoms with E-state index in [1.807, 2.05) is 44.2 Å². The average Bonchev–Trinajstić information content (AvgIpc) is 3.48. The number of benzene rings is 2. The predicted molar refractivity (Wildman–Crippen MR) is 132 cm³/mol. The van der Waals surface area contributed by atoms with Crippen molar-refractivity contribution in [3.63, 3.8) is 0 Å². The molecule has 35 heavy (non-hydrogen) atoms. The standard InChI is InChI=1S/C26H30N4O5/c1-16-4-6-20-19(12-16)23(24(27-20)26(32)33-3)28-25(31)17(2)30-10-8-29(9-11-30)14-18-5-7-21-22(13-18)35-15-34-21/h4-7,12-13,17,27H,8-11,14-15H2,1-3H3,(H,28,31)/t17-/m0/s1. The van der Waals surface area contributed by atoms with Crippen LogP contribution in [0.15, 0.2) is 36.4 Å². The maximum atomic E-state index is 13.2. The third kappa shape index (κ3) is 4.69. The zero-order chi connectivity index (χ0) is 24.5. The number of anilines is 1. The van der Waals surface area contributed by atoms with Crippen LogP contribution in [0.3, 0.4) is 0 Å². The molecule has 0 spiro atoms. The minimum atomic E-state index is -0.515. The lowest BCUT2D eigenvalue weighted by Crippen LogP contribution is -2.52. The Kier molecular flexibility index (Phi) is 6.36. The first-order valence-corrected chi connectivity index (χ1v) is 11.8. The average molecular weight is 479 g/mol. The Morgan fingerprint density at radius 1 is 1.09 bits per heavy atom. The smallest absolute Gasteiger partial charge is 0.356 e. The molecule has 9 heteroatoms. The molecule has 0 unspecified atom stereocenters. The number of methoxy groups -OCH3 is 1. The molecule has 3 heterocycles. The molecule has 0 saturated carbocycles. The normalized spacial score (nSPS) is 16.9. The number of fused-ring (bicyclic) bond motifs is 2. The molecule has 0 aliphatic carbocycles. The molecule has 184 valence electrons. The van der Waals surface area contributed by atoms with Gasteiger partial charge in [0.2, 0.25) is 12.7 Å². The van der Waals surface area contributed by atoms with Gasteiger partial charge in [0.05, 0.1) is 18.8 Å². The van der Waals surface area contributed by atoms with Crippen molar-refractivity contribution in [1.29, 1.82) is 0 Å². The van der Waals surface area contributed by atoms with E-state index in [1.165, 1.54) is 12.7 Å². The summed E-state index contributed by atoms with van der Waals surface area (Å²) in [4.78, 5) is 33.2. The first-order chi connectivity index (χ1) is 16.9. The van der Waals surface area contributed by atoms with E-state index in [0.717, 1.165) is 60.7 Å². The molecule has 3 aromatic rings. The molecule has 2 aliphatic rings. The Morgan fingerprint density at radius 2 is 1.86 bits per heavy atom. The van der Waals surface area contributed by atoms with Crippen molar-refractivity contribution in [2.75, 3.05) is 45.4 Å². The molecule has 9 nitrogen and oxygen atoms in total. The topological polar surface area (TPSA) is 96.1 Å². The SMILES string of the molecule is COC(=O)c1[nH]c2ccc(C)cc2c1NC(=O)[C@H](C)N1CCN(Cc2ccc3c(c2)OCO3)CC1. The number of carbonyl (C=O) groups excluding carboxylic acids is 2. The third-order valence-corrected chi connectivity index (χ3v) is 6.77. The summed E-state index contributed by atoms with van der Waals surface area (Å²) in [6, 6.07) is 11.5. The van der Waals surface area contributed by atoms with Crippen LogP contribution in [-0.4, -0.2) is 72.8 Å². The van der Waals surface area contributed by atoms with Gasteiger partial charge in [-0.05, 0) is 43.7 Å². The van der Waals surface area contributed by atoms with Gasteiger partial charge in [-0.25, -0.2) is 4.79 Å². The van der Waals surface area contributed by atoms with Gasteiger partial charge in [0.1, 0.15) is 5.69 Å². The highest BCUT2D eigenvalue weighted by Gasteiger charge is 2.28. The lowest BCUT2D eigenvalue weighted by molar-refractivity contribution is -0.121. The van der Waals surface area contributed by atoms with E-state index < -0.39 is 5.97 Å². The number of carbonyl (C=O) groups is 2. The largest absolute Gasteiger partial charge is 0.464 e. The number of hydrogen-bond donors (Lipinski definition) is 2. The van der Waals surface area contributed by atoms with Crippen LogP contribution in [0.4, 0.5) is 5.69 Å². The number of esters is 1. The van der Waals surface area contributed by atoms with Crippen molar-refractivity contribution in [2.24, 2.45) is 0 Å². The maximum absolute atomic E-state index is 13.2. The fourth-order valence-corrected chi connectivity index (χ4v) is 4.69. The molecule has 0 radical (unpaired) electrons. The second kappa shape index (κ2) is 9.59. The number of ether oxygens (including phenoxy) is 3. The molecular formula is C26H30N4O5. The summed E-state index contributed by atoms with van der Waals surface area (Å²) in [7, 11) is 1.33. The van der Waals surface area contributed by atoms with Gasteiger partial charge >= 0.3 is 5.97 Å². The molecule has 1 atom stereocenters. The predicted octanol–water partition coefficient (Wildman–Crippen LogP) is 3.14. The minimum absolute atomic E-state index is 0.151. The number of piperazine rings is 1. The quantitative estimate of drug-likeness (QED) is 0.526. The fraction of sp³-hybridized carbons (Fsp3) is 0.385. The second-order valence-corrected chi connectivity index (χ2v) is 9.08. The van der Waals surface area contributed by atoms with E-state index in [4.69, 9.17) is 14.2 Å². The number of nitrogens with one attached hydrogen (secondary N) is 2. The van der Waals surface area contributed by atoms with Crippen molar-refractivity contribution in [3.05, 3.63) is 53.2 Å². The zero-order valence-electron chi connectivity index (χ0n) is 20.2. The number of nitrogens with zero attached hydrogens (tertiary/aromatic N) is 2. The van der Waals surface area contributed by atoms with Gasteiger partial charge in [0, 0.05) is 43.6 Å². The monoisotopic (exact) mass is 478 g/mol. The summed E-state index contributed by atoms with van der Waals surface area (Å²) in [5.74, 6) is 0.921. The number of hydrogen-bond acceptors (Lipinski definition) is 7. The van der Waals surface area contributed by atoms with Crippen LogP contribution in [0.1, 0.15) is 28.5 Å². The molecule has 2 aromatic carbocycles. The number of amides is 1. The van der Waals surface area contributed by atoms with Crippen molar-refractivity contribution < 1.29 is 23.8 Å². The molecule has 2 aliphatic heterocycles. The summed E-state index contributed by atoms with van der Waals surface area (Å²) >= 11 is 0. The van der Waals surface area contributed by atoms with Crippen molar-refractivity contribution in [3.8, 4) is 11.5 Å². The van der Waals surface area contributed by atoms with Crippen LogP contribution in [0.25, 0.3) is 10.9 Å². The zero-order valence-corrected chi connectivity index (χ0v) is 20.2. The number of aryl methyl sites for hydroxylation is 1. The minimum Gasteiger partial charge on any atom is -0.464 e. The molecule has 1 saturated heterocycles. The van der Waals surface area contributed by atoms with Gasteiger partial charge in [-0.2, -0.15) is 0 Å². The molecular weight excluding hydrogens is 448 g/mol. The Bertz CT molecular complexity index is 1260. The molecule has 2 N–H and O–H groups in total. The highest BCUT2D eigenvalue weighted by Crippen LogP contribution is 2.33. The highest BCUT2D eigenvalue weighted by molar-refractivity contribution is 6.11. The third-order valence-electron chi connectivity index (χ3n) is 6.77. The van der Waals surface area contributed by atoms with Gasteiger partial charge in [-0.3, -0.25) is 14.6 Å². The van der Waals surface area contributed by atoms with E-state index in [9.17, 15) is 9.59 Å². The van der Waals surface area contributed by atoms with Crippen molar-refractivity contribution >= 4 is 28.5 Å². The summed E-state index contributed by atoms with van der Waals surface area (Å²) in [5, 5.41) is 3.79. The summed E-state index contributed by atoms with van der Waals surface area (Å²) < 4.78 is 15.8. The van der Waals surface area contributed by atoms with Crippen molar-refractivity contribution in [1.82, 2.24) is 14.8 Å². The second-order valence-electron chi connectivity index (χ2n) is 9.08. The fourth-order valence-electron chi connectivity index (χ4n) is 4.69. The summed E-state index contributed by atoms with van der Waals surface area (Å²) in [6.07, 6.45) is 0. The summed E-state index contributed by atoms with van der Waals surface area (Å²) in [5.41, 5.74) is 3.71. The van der Waals surface area contributed by atoms with Gasteiger partial charge in [-0.1, -0.05) is 17.7 Å². The maximum Gasteiger partial charge on any atom is 0.356 e. The van der Waals surface area contributed by atoms with E-state index >= 15 is 0 Å². The van der Waals surface area contributed by atoms with Crippen LogP contribution in [0, 0.1) is 6.92 Å². The van der Waals surface area contributed by atoms with Crippen LogP contribution in [-0.2, 0) is 16.1 Å². The first-order valence-electron chi connectivity index (χ1n) is 11.8. The Labute approximate surface area is 203 Å². The van der Waals surface area contributed by atoms with Crippen molar-refractivity contribution in [2.45, 2.75) is 26.4 Å². The Morgan fingerprint density at radius 3 is 2.63 bits per heavy atom. The summed E-state index contributed by atoms with van der Waals surface area (Å²) in [6.45, 7) is 8.23. The number of aromatic nitrogens is 1. The Hall–Kier alpha value is -3.56. The van der Waals surface area contributed by atoms with E-state index in [2.05, 4.69) is 26.2 Å². The number of rotatable bonds is 6. The number of H-pyrrole nitrogens is 1. The van der Waals surface area contributed by atoms with Crippen LogP contribution in [0.5, 0.6) is 11.5 Å². The van der Waals surface area contributed by atoms with Gasteiger partial charge in [0.15, 0.2) is 11.5 Å². The first kappa shape index (κ1) is 23.2. The molecule has 0 bridgehead atoms. The van der Waals surface area contributed by atoms with Crippen LogP contribution >= 0.6 is 0 Å². The van der Waals surface area contributed by atoms with E-state index in [1.54, 1.807) is 0 Å². The lowest BCUT2D eigenvalue weighted by Gasteiger charge is -2.37. The number of aromatic amines is 1. The van der Waals surface area contributed by atoms with E-state index in [0.29, 0.717) is 5.69 Å². The van der Waals surface area contributed by atoms with Crippen LogP contribution < -0.4 is 14.8 Å². The van der Waals surface area contributed by atoms with Gasteiger partial charge in [-0.15, -0.1) is 0 Å². The molecule has 1 amide bonds.